The molecule has 2 aromatic carbocycles. The molecule has 1 N–H and O–H groups in total. The van der Waals surface area contributed by atoms with Crippen molar-refractivity contribution in [2.24, 2.45) is 0 Å². The maximum Gasteiger partial charge on any atom is 0.147 e. The summed E-state index contributed by atoms with van der Waals surface area (Å²) in [6, 6.07) is 21.0. The summed E-state index contributed by atoms with van der Waals surface area (Å²) in [5, 5.41) is 4.76. The number of aromatic nitrogens is 3. The number of hydrogen-bond acceptors (Lipinski definition) is 5. The summed E-state index contributed by atoms with van der Waals surface area (Å²) in [5.74, 6) is 0.891. The van der Waals surface area contributed by atoms with Crippen LogP contribution >= 0.6 is 11.3 Å². The first-order valence-electron chi connectivity index (χ1n) is 10.8. The van der Waals surface area contributed by atoms with Crippen molar-refractivity contribution in [2.45, 2.75) is 32.2 Å². The molecule has 5 aromatic rings. The number of pyridine rings is 1. The molecule has 0 fully saturated rings. The van der Waals surface area contributed by atoms with Crippen LogP contribution in [0.3, 0.4) is 0 Å². The molecule has 0 saturated carbocycles. The highest BCUT2D eigenvalue weighted by atomic mass is 32.1. The van der Waals surface area contributed by atoms with Crippen molar-refractivity contribution < 1.29 is 0 Å². The van der Waals surface area contributed by atoms with Gasteiger partial charge in [-0.2, -0.15) is 0 Å². The first-order valence-corrected chi connectivity index (χ1v) is 11.6. The molecule has 5 heteroatoms. The number of nitrogens with zero attached hydrogens (tertiary/aromatic N) is 3. The van der Waals surface area contributed by atoms with Gasteiger partial charge in [-0.15, -0.1) is 11.3 Å². The van der Waals surface area contributed by atoms with Gasteiger partial charge in [-0.05, 0) is 42.4 Å². The van der Waals surface area contributed by atoms with Crippen molar-refractivity contribution in [2.75, 3.05) is 5.32 Å². The minimum atomic E-state index is 0.738. The number of hydrogen-bond donors (Lipinski definition) is 1. The van der Waals surface area contributed by atoms with Crippen LogP contribution in [0.4, 0.5) is 5.82 Å². The van der Waals surface area contributed by atoms with E-state index < -0.39 is 0 Å². The standard InChI is InChI=1S/C26H22N4S/c1-3-9-17(10-4-1)15-27-25-24-23(28-16-29-25)21-19-13-7-8-14-20(19)22(30-26(21)31-24)18-11-5-2-6-12-18/h1-6,9-12,16H,7-8,13-15H2,(H,27,28,29). The fourth-order valence-corrected chi connectivity index (χ4v) is 5.73. The molecule has 0 atom stereocenters. The summed E-state index contributed by atoms with van der Waals surface area (Å²) in [4.78, 5) is 15.5. The molecule has 0 saturated heterocycles. The zero-order valence-corrected chi connectivity index (χ0v) is 18.0. The quantitative estimate of drug-likeness (QED) is 0.364. The maximum atomic E-state index is 5.18. The second-order valence-electron chi connectivity index (χ2n) is 8.01. The molecule has 0 spiro atoms. The smallest absolute Gasteiger partial charge is 0.147 e. The topological polar surface area (TPSA) is 50.7 Å². The molecule has 152 valence electrons. The van der Waals surface area contributed by atoms with E-state index in [1.54, 1.807) is 17.7 Å². The first-order chi connectivity index (χ1) is 15.4. The Morgan fingerprint density at radius 1 is 0.839 bits per heavy atom. The molecule has 0 bridgehead atoms. The minimum absolute atomic E-state index is 0.738. The summed E-state index contributed by atoms with van der Waals surface area (Å²) < 4.78 is 1.10. The lowest BCUT2D eigenvalue weighted by Gasteiger charge is -2.20. The van der Waals surface area contributed by atoms with Crippen LogP contribution in [0.5, 0.6) is 0 Å². The van der Waals surface area contributed by atoms with Crippen molar-refractivity contribution in [3.8, 4) is 11.3 Å². The Bertz CT molecular complexity index is 1380. The van der Waals surface area contributed by atoms with Gasteiger partial charge in [-0.1, -0.05) is 60.7 Å². The molecular weight excluding hydrogens is 400 g/mol. The van der Waals surface area contributed by atoms with E-state index in [9.17, 15) is 0 Å². The van der Waals surface area contributed by atoms with Crippen LogP contribution < -0.4 is 5.32 Å². The lowest BCUT2D eigenvalue weighted by atomic mass is 9.87. The SMILES string of the molecule is c1ccc(CNc2ncnc3c2sc2nc(-c4ccccc4)c4c(c23)CCCC4)cc1. The summed E-state index contributed by atoms with van der Waals surface area (Å²) >= 11 is 1.71. The van der Waals surface area contributed by atoms with Crippen LogP contribution in [0, 0.1) is 0 Å². The second-order valence-corrected chi connectivity index (χ2v) is 9.01. The molecule has 0 radical (unpaired) electrons. The van der Waals surface area contributed by atoms with E-state index in [-0.39, 0.29) is 0 Å². The normalized spacial score (nSPS) is 13.4. The lowest BCUT2D eigenvalue weighted by molar-refractivity contribution is 0.689. The molecule has 6 rings (SSSR count). The van der Waals surface area contributed by atoms with Crippen molar-refractivity contribution in [3.05, 3.63) is 83.7 Å². The van der Waals surface area contributed by atoms with Crippen LogP contribution in [0.15, 0.2) is 67.0 Å². The average Bonchev–Trinajstić information content (AvgIpc) is 3.23. The summed E-state index contributed by atoms with van der Waals surface area (Å²) in [6.45, 7) is 0.738. The van der Waals surface area contributed by atoms with E-state index >= 15 is 0 Å². The number of thiophene rings is 1. The predicted octanol–water partition coefficient (Wildman–Crippen LogP) is 6.40. The van der Waals surface area contributed by atoms with E-state index in [1.807, 2.05) is 6.07 Å². The highest BCUT2D eigenvalue weighted by Gasteiger charge is 2.23. The van der Waals surface area contributed by atoms with Gasteiger partial charge in [0.25, 0.3) is 0 Å². The van der Waals surface area contributed by atoms with Crippen molar-refractivity contribution in [1.29, 1.82) is 0 Å². The third-order valence-electron chi connectivity index (χ3n) is 6.07. The Kier molecular flexibility index (Phi) is 4.61. The van der Waals surface area contributed by atoms with E-state index in [0.717, 1.165) is 45.9 Å². The monoisotopic (exact) mass is 422 g/mol. The van der Waals surface area contributed by atoms with Gasteiger partial charge in [0.05, 0.1) is 15.9 Å². The van der Waals surface area contributed by atoms with Gasteiger partial charge in [-0.25, -0.2) is 15.0 Å². The summed E-state index contributed by atoms with van der Waals surface area (Å²) in [6.07, 6.45) is 6.31. The number of nitrogens with one attached hydrogen (secondary N) is 1. The molecular formula is C26H22N4S. The van der Waals surface area contributed by atoms with Crippen LogP contribution in [0.2, 0.25) is 0 Å². The van der Waals surface area contributed by atoms with Gasteiger partial charge < -0.3 is 5.32 Å². The Labute approximate surface area is 185 Å². The van der Waals surface area contributed by atoms with Crippen molar-refractivity contribution >= 4 is 37.6 Å². The largest absolute Gasteiger partial charge is 0.365 e. The molecule has 3 aromatic heterocycles. The van der Waals surface area contributed by atoms with Crippen LogP contribution in [-0.2, 0) is 19.4 Å². The number of fused-ring (bicyclic) bond motifs is 5. The third kappa shape index (κ3) is 3.26. The molecule has 3 heterocycles. The van der Waals surface area contributed by atoms with E-state index in [2.05, 4.69) is 64.9 Å². The third-order valence-corrected chi connectivity index (χ3v) is 7.15. The highest BCUT2D eigenvalue weighted by Crippen LogP contribution is 2.42. The molecule has 0 unspecified atom stereocenters. The predicted molar refractivity (Wildman–Crippen MR) is 129 cm³/mol. The average molecular weight is 423 g/mol. The van der Waals surface area contributed by atoms with E-state index in [0.29, 0.717) is 0 Å². The fraction of sp³-hybridized carbons (Fsp3) is 0.192. The molecule has 4 nitrogen and oxygen atoms in total. The van der Waals surface area contributed by atoms with Crippen LogP contribution in [0.25, 0.3) is 31.7 Å². The second kappa shape index (κ2) is 7.75. The minimum Gasteiger partial charge on any atom is -0.365 e. The maximum absolute atomic E-state index is 5.18. The van der Waals surface area contributed by atoms with E-state index in [4.69, 9.17) is 9.97 Å². The van der Waals surface area contributed by atoms with E-state index in [1.165, 1.54) is 40.5 Å². The number of anilines is 1. The Morgan fingerprint density at radius 2 is 1.58 bits per heavy atom. The molecule has 1 aliphatic carbocycles. The van der Waals surface area contributed by atoms with Gasteiger partial charge in [0.15, 0.2) is 0 Å². The van der Waals surface area contributed by atoms with Crippen LogP contribution in [0.1, 0.15) is 29.5 Å². The number of aryl methyl sites for hydroxylation is 1. The van der Waals surface area contributed by atoms with Crippen molar-refractivity contribution in [3.63, 3.8) is 0 Å². The summed E-state index contributed by atoms with van der Waals surface area (Å²) in [5.41, 5.74) is 7.46. The number of benzene rings is 2. The first kappa shape index (κ1) is 18.5. The fourth-order valence-electron chi connectivity index (χ4n) is 4.60. The Morgan fingerprint density at radius 3 is 2.39 bits per heavy atom. The Balaban J connectivity index is 1.52. The zero-order valence-electron chi connectivity index (χ0n) is 17.1. The summed E-state index contributed by atoms with van der Waals surface area (Å²) in [7, 11) is 0. The Hall–Kier alpha value is -3.31. The molecule has 31 heavy (non-hydrogen) atoms. The van der Waals surface area contributed by atoms with Crippen molar-refractivity contribution in [1.82, 2.24) is 15.0 Å². The van der Waals surface area contributed by atoms with Gasteiger partial charge in [0.1, 0.15) is 17.0 Å². The van der Waals surface area contributed by atoms with Gasteiger partial charge >= 0.3 is 0 Å². The van der Waals surface area contributed by atoms with Gasteiger partial charge in [0.2, 0.25) is 0 Å². The number of rotatable bonds is 4. The highest BCUT2D eigenvalue weighted by molar-refractivity contribution is 7.26. The van der Waals surface area contributed by atoms with Gasteiger partial charge in [-0.3, -0.25) is 0 Å². The zero-order chi connectivity index (χ0) is 20.6. The lowest BCUT2D eigenvalue weighted by Crippen LogP contribution is -2.07. The molecule has 1 aliphatic rings. The molecule has 0 aliphatic heterocycles. The van der Waals surface area contributed by atoms with Gasteiger partial charge in [0, 0.05) is 17.5 Å². The molecule has 0 amide bonds. The van der Waals surface area contributed by atoms with Crippen LogP contribution in [-0.4, -0.2) is 15.0 Å².